The van der Waals surface area contributed by atoms with Crippen LogP contribution in [0.2, 0.25) is 0 Å². The fraction of sp³-hybridized carbons (Fsp3) is 0.569. The molecule has 1 aromatic rings. The third-order valence-corrected chi connectivity index (χ3v) is 14.9. The number of imide groups is 1. The number of methoxy groups -OCH3 is 1. The highest BCUT2D eigenvalue weighted by molar-refractivity contribution is 7.86. The van der Waals surface area contributed by atoms with Gasteiger partial charge in [-0.2, -0.15) is 0 Å². The molecule has 1 aliphatic carbocycles. The fourth-order valence-electron chi connectivity index (χ4n) is 8.72. The molecule has 0 spiro atoms. The molecule has 26 heteroatoms. The summed E-state index contributed by atoms with van der Waals surface area (Å²) in [5.41, 5.74) is 1.76. The molecule has 5 rings (SSSR count). The third kappa shape index (κ3) is 19.7. The van der Waals surface area contributed by atoms with Gasteiger partial charge in [-0.25, -0.2) is 34.6 Å². The maximum Gasteiger partial charge on any atom is 0.335 e. The van der Waals surface area contributed by atoms with Crippen molar-refractivity contribution in [2.24, 2.45) is 0 Å². The van der Waals surface area contributed by atoms with Gasteiger partial charge in [0.15, 0.2) is 6.54 Å². The second kappa shape index (κ2) is 28.8. The molecule has 0 radical (unpaired) electrons. The summed E-state index contributed by atoms with van der Waals surface area (Å²) < 4.78 is 149. The quantitative estimate of drug-likeness (QED) is 0.0366. The summed E-state index contributed by atoms with van der Waals surface area (Å²) in [5.74, 6) is -2.25. The van der Waals surface area contributed by atoms with Crippen LogP contribution in [0.15, 0.2) is 69.6 Å². The Bertz CT molecular complexity index is 2930. The first-order valence-corrected chi connectivity index (χ1v) is 29.6. The number of hydrogen-bond donors (Lipinski definition) is 0. The van der Waals surface area contributed by atoms with Gasteiger partial charge in [0.1, 0.15) is 34.8 Å². The van der Waals surface area contributed by atoms with Crippen molar-refractivity contribution < 1.29 is 91.0 Å². The smallest absolute Gasteiger partial charge is 0.335 e. The lowest BCUT2D eigenvalue weighted by molar-refractivity contribution is -0.198. The van der Waals surface area contributed by atoms with Gasteiger partial charge in [-0.1, -0.05) is 26.8 Å². The van der Waals surface area contributed by atoms with Crippen LogP contribution in [0.1, 0.15) is 83.1 Å². The van der Waals surface area contributed by atoms with Crippen molar-refractivity contribution >= 4 is 59.9 Å². The normalized spacial score (nSPS) is 17.4. The number of nitrogens with zero attached hydrogens (tertiary/aromatic N) is 3. The van der Waals surface area contributed by atoms with Gasteiger partial charge in [0.05, 0.1) is 104 Å². The van der Waals surface area contributed by atoms with Gasteiger partial charge in [-0.05, 0) is 78.8 Å². The van der Waals surface area contributed by atoms with Gasteiger partial charge in [-0.3, -0.25) is 9.59 Å². The number of amides is 2. The highest BCUT2D eigenvalue weighted by Crippen LogP contribution is 2.51. The zero-order chi connectivity index (χ0) is 56.4. The van der Waals surface area contributed by atoms with Crippen LogP contribution in [-0.4, -0.2) is 173 Å². The van der Waals surface area contributed by atoms with Crippen molar-refractivity contribution in [2.45, 2.75) is 81.9 Å². The molecule has 77 heavy (non-hydrogen) atoms. The number of fused-ring (bicyclic) bond motifs is 2. The Morgan fingerprint density at radius 3 is 1.96 bits per heavy atom. The largest absolute Gasteiger partial charge is 0.748 e. The molecule has 3 heterocycles. The van der Waals surface area contributed by atoms with E-state index >= 15 is 0 Å². The number of carbonyl (C=O) groups is 3. The second-order valence-corrected chi connectivity index (χ2v) is 23.8. The predicted octanol–water partition coefficient (Wildman–Crippen LogP) is 3.02. The molecule has 0 bridgehead atoms. The topological polar surface area (TPSA) is 310 Å². The second-order valence-electron chi connectivity index (χ2n) is 19.3. The predicted molar refractivity (Wildman–Crippen MR) is 276 cm³/mol. The van der Waals surface area contributed by atoms with E-state index in [9.17, 15) is 53.3 Å². The summed E-state index contributed by atoms with van der Waals surface area (Å²) >= 11 is 0. The van der Waals surface area contributed by atoms with E-state index in [0.717, 1.165) is 11.1 Å². The monoisotopic (exact) mass is 1140 g/mol. The van der Waals surface area contributed by atoms with Gasteiger partial charge in [-0.15, -0.1) is 5.06 Å². The van der Waals surface area contributed by atoms with Crippen LogP contribution >= 0.6 is 0 Å². The summed E-state index contributed by atoms with van der Waals surface area (Å²) in [4.78, 5) is 41.5. The number of benzene rings is 2. The van der Waals surface area contributed by atoms with Gasteiger partial charge in [0, 0.05) is 72.9 Å². The number of allylic oxidation sites excluding steroid dienone is 3. The van der Waals surface area contributed by atoms with Crippen LogP contribution in [0.4, 0.5) is 5.69 Å². The summed E-state index contributed by atoms with van der Waals surface area (Å²) in [7, 11) is -12.4. The molecule has 4 aliphatic rings. The minimum atomic E-state index is -4.93. The van der Waals surface area contributed by atoms with Crippen molar-refractivity contribution in [3.8, 4) is 11.3 Å². The number of rotatable bonds is 33. The zero-order valence-electron chi connectivity index (χ0n) is 44.1. The van der Waals surface area contributed by atoms with E-state index in [2.05, 4.69) is 20.8 Å². The number of anilines is 1. The number of ether oxygens (including phenoxy) is 6. The van der Waals surface area contributed by atoms with Crippen LogP contribution in [0.3, 0.4) is 0 Å². The van der Waals surface area contributed by atoms with Crippen LogP contribution in [0.25, 0.3) is 17.4 Å². The molecule has 1 atom stereocenters. The average molecular weight is 1140 g/mol. The van der Waals surface area contributed by atoms with Crippen molar-refractivity contribution in [1.29, 1.82) is 0 Å². The highest BCUT2D eigenvalue weighted by atomic mass is 32.2. The fourth-order valence-corrected chi connectivity index (χ4v) is 10.2. The Labute approximate surface area is 450 Å². The molecular weight excluding hydrogens is 1070 g/mol. The molecule has 428 valence electrons. The molecule has 1 saturated heterocycles. The van der Waals surface area contributed by atoms with E-state index in [4.69, 9.17) is 37.7 Å². The molecule has 23 nitrogen and oxygen atoms in total. The van der Waals surface area contributed by atoms with E-state index in [1.54, 1.807) is 32.3 Å². The molecule has 0 aromatic heterocycles. The summed E-state index contributed by atoms with van der Waals surface area (Å²) in [6.45, 7) is 11.2. The van der Waals surface area contributed by atoms with Crippen molar-refractivity contribution in [3.05, 3.63) is 82.6 Å². The summed E-state index contributed by atoms with van der Waals surface area (Å²) in [5, 5.41) is 1.16. The van der Waals surface area contributed by atoms with E-state index in [-0.39, 0.29) is 103 Å². The lowest BCUT2D eigenvalue weighted by atomic mass is 9.77. The average Bonchev–Trinajstić information content (AvgIpc) is 3.81. The van der Waals surface area contributed by atoms with Gasteiger partial charge in [0.2, 0.25) is 5.36 Å². The SMILES string of the molecule is COCCOCCOCC[N+](CCCS(=O)(=O)[O-])=c1ccc2c(C(C)(C)C)cc(/C=C/C=C3/N(CCOCCOCCOCCC(=O)ON4C(=O)CCC4=O)c4ccc(S(=O)(=O)[O-])cc4C3(C)CCCS(=O)(=O)[O-])oc-2c1. The van der Waals surface area contributed by atoms with Crippen LogP contribution < -0.4 is 14.8 Å². The standard InChI is InChI=1S/C51H71N3O20S3/c1-50(2,3)42-36-39(73-45-35-38(11-13-41(42)45)52(19-8-34-76(61,62)63)20-23-69-28-31-71-26-25-67-5)9-6-10-46-51(4,18-7-33-75(58,59)60)43-37-40(77(64,65)66)12-14-44(43)53(46)21-24-70-29-32-72-30-27-68-22-17-49(57)74-54-47(55)15-16-48(54)56/h6,9-14,35-37H,7-8,15-34H2,1-5H3,(H2-,58,59,60,61,62,63,64,65,66)/p-2. The van der Waals surface area contributed by atoms with Crippen LogP contribution in [0.5, 0.6) is 0 Å². The van der Waals surface area contributed by atoms with Gasteiger partial charge in [0.25, 0.3) is 11.8 Å². The first-order valence-electron chi connectivity index (χ1n) is 25.1. The number of hydroxylamine groups is 2. The third-order valence-electron chi connectivity index (χ3n) is 12.5. The van der Waals surface area contributed by atoms with Gasteiger partial charge >= 0.3 is 5.97 Å². The first-order chi connectivity index (χ1) is 36.3. The molecule has 2 amide bonds. The van der Waals surface area contributed by atoms with Crippen molar-refractivity contribution in [1.82, 2.24) is 9.64 Å². The molecule has 0 saturated carbocycles. The Kier molecular flexibility index (Phi) is 23.5. The van der Waals surface area contributed by atoms with Crippen molar-refractivity contribution in [2.75, 3.05) is 116 Å². The molecular formula is C51H69N3O20S3-2. The van der Waals surface area contributed by atoms with Crippen LogP contribution in [0, 0.1) is 0 Å². The van der Waals surface area contributed by atoms with Gasteiger partial charge < -0.3 is 56.2 Å². The first kappa shape index (κ1) is 62.9. The van der Waals surface area contributed by atoms with Crippen molar-refractivity contribution in [3.63, 3.8) is 0 Å². The molecule has 1 unspecified atom stereocenters. The van der Waals surface area contributed by atoms with E-state index < -0.39 is 70.0 Å². The molecule has 1 fully saturated rings. The molecule has 3 aliphatic heterocycles. The lowest BCUT2D eigenvalue weighted by Crippen LogP contribution is -2.35. The van der Waals surface area contributed by atoms with Crippen LogP contribution in [-0.2, 0) is 88.8 Å². The zero-order valence-corrected chi connectivity index (χ0v) is 46.5. The van der Waals surface area contributed by atoms with E-state index in [1.165, 1.54) is 18.2 Å². The molecule has 0 N–H and O–H groups in total. The Morgan fingerprint density at radius 2 is 1.35 bits per heavy atom. The summed E-state index contributed by atoms with van der Waals surface area (Å²) in [6.07, 6.45) is 5.06. The maximum absolute atomic E-state index is 12.3. The molecule has 1 aromatic carbocycles. The van der Waals surface area contributed by atoms with E-state index in [0.29, 0.717) is 71.9 Å². The Balaban J connectivity index is 1.38. The highest BCUT2D eigenvalue weighted by Gasteiger charge is 2.43. The maximum atomic E-state index is 12.3. The van der Waals surface area contributed by atoms with E-state index in [1.807, 2.05) is 33.7 Å². The minimum Gasteiger partial charge on any atom is -0.748 e. The lowest BCUT2D eigenvalue weighted by Gasteiger charge is -2.30. The number of carbonyl (C=O) groups excluding carboxylic acids is 3. The minimum absolute atomic E-state index is 0.0147. The Hall–Kier alpha value is -4.97. The number of hydrogen-bond acceptors (Lipinski definition) is 21. The Morgan fingerprint density at radius 1 is 0.753 bits per heavy atom. The summed E-state index contributed by atoms with van der Waals surface area (Å²) in [6, 6.07) is 11.5.